The molecule has 0 radical (unpaired) electrons. The summed E-state index contributed by atoms with van der Waals surface area (Å²) in [4.78, 5) is 4.00. The Bertz CT molecular complexity index is 438. The van der Waals surface area contributed by atoms with E-state index in [4.69, 9.17) is 0 Å². The van der Waals surface area contributed by atoms with E-state index in [1.165, 1.54) is 12.3 Å². The second-order valence-corrected chi connectivity index (χ2v) is 6.50. The van der Waals surface area contributed by atoms with Gasteiger partial charge in [0, 0.05) is 23.1 Å². The highest BCUT2D eigenvalue weighted by Crippen LogP contribution is 2.20. The molecule has 17 heavy (non-hydrogen) atoms. The van der Waals surface area contributed by atoms with Crippen molar-refractivity contribution in [3.63, 3.8) is 0 Å². The number of pyridine rings is 1. The number of nitrogens with zero attached hydrogens (tertiary/aromatic N) is 1. The van der Waals surface area contributed by atoms with Crippen LogP contribution in [0.15, 0.2) is 29.4 Å². The Morgan fingerprint density at radius 3 is 2.47 bits per heavy atom. The van der Waals surface area contributed by atoms with E-state index in [0.29, 0.717) is 17.1 Å². The van der Waals surface area contributed by atoms with Crippen molar-refractivity contribution in [2.75, 3.05) is 10.7 Å². The molecule has 7 heteroatoms. The summed E-state index contributed by atoms with van der Waals surface area (Å²) >= 11 is 6.69. The lowest BCUT2D eigenvalue weighted by Crippen LogP contribution is -2.50. The van der Waals surface area contributed by atoms with E-state index in [1.807, 2.05) is 6.92 Å². The first kappa shape index (κ1) is 15.1. The maximum atomic E-state index is 12.1. The van der Waals surface area contributed by atoms with Gasteiger partial charge in [-0.3, -0.25) is 4.98 Å². The number of hydrogen-bond acceptors (Lipinski definition) is 3. The van der Waals surface area contributed by atoms with Crippen molar-refractivity contribution in [3.8, 4) is 0 Å². The highest BCUT2D eigenvalue weighted by atomic mass is 79.9. The van der Waals surface area contributed by atoms with Gasteiger partial charge in [-0.05, 0) is 18.6 Å². The molecule has 1 heterocycles. The van der Waals surface area contributed by atoms with Crippen molar-refractivity contribution in [2.24, 2.45) is 0 Å². The highest BCUT2D eigenvalue weighted by molar-refractivity contribution is 9.09. The van der Waals surface area contributed by atoms with Gasteiger partial charge in [0.15, 0.2) is 0 Å². The summed E-state index contributed by atoms with van der Waals surface area (Å²) in [5.74, 6) is 0. The number of halogens is 2. The van der Waals surface area contributed by atoms with Crippen LogP contribution in [0.5, 0.6) is 0 Å². The molecule has 0 bridgehead atoms. The summed E-state index contributed by atoms with van der Waals surface area (Å²) in [7, 11) is -3.53. The van der Waals surface area contributed by atoms with Crippen LogP contribution in [0, 0.1) is 0 Å². The molecule has 0 aliphatic carbocycles. The zero-order valence-electron chi connectivity index (χ0n) is 9.36. The number of sulfonamides is 1. The molecular weight excluding hydrogens is 372 g/mol. The molecule has 0 atom stereocenters. The molecule has 1 aromatic heterocycles. The monoisotopic (exact) mass is 384 g/mol. The summed E-state index contributed by atoms with van der Waals surface area (Å²) in [6, 6.07) is 3.13. The fourth-order valence-electron chi connectivity index (χ4n) is 1.20. The summed E-state index contributed by atoms with van der Waals surface area (Å²) in [5, 5.41) is 1.09. The molecule has 0 aliphatic heterocycles. The predicted molar refractivity (Wildman–Crippen MR) is 75.2 cm³/mol. The summed E-state index contributed by atoms with van der Waals surface area (Å²) in [5.41, 5.74) is -0.519. The summed E-state index contributed by atoms with van der Waals surface area (Å²) in [6.07, 6.45) is 3.56. The molecule has 0 unspecified atom stereocenters. The van der Waals surface area contributed by atoms with Gasteiger partial charge in [0.2, 0.25) is 10.0 Å². The SMILES string of the molecule is CCC(CBr)(CBr)NS(=O)(=O)c1cccnc1. The van der Waals surface area contributed by atoms with Gasteiger partial charge in [0.25, 0.3) is 0 Å². The van der Waals surface area contributed by atoms with Crippen LogP contribution in [0.2, 0.25) is 0 Å². The summed E-state index contributed by atoms with van der Waals surface area (Å²) < 4.78 is 27.0. The second-order valence-electron chi connectivity index (χ2n) is 3.70. The Hall–Kier alpha value is 0.0200. The van der Waals surface area contributed by atoms with Crippen molar-refractivity contribution in [1.82, 2.24) is 9.71 Å². The quantitative estimate of drug-likeness (QED) is 0.764. The molecule has 1 rings (SSSR count). The average Bonchev–Trinajstić information content (AvgIpc) is 2.37. The zero-order chi connectivity index (χ0) is 12.9. The van der Waals surface area contributed by atoms with Crippen LogP contribution in [0.3, 0.4) is 0 Å². The van der Waals surface area contributed by atoms with Crippen molar-refractivity contribution in [1.29, 1.82) is 0 Å². The van der Waals surface area contributed by atoms with Crippen molar-refractivity contribution in [3.05, 3.63) is 24.5 Å². The Labute approximate surface area is 119 Å². The third-order valence-electron chi connectivity index (χ3n) is 2.48. The third-order valence-corrected chi connectivity index (χ3v) is 6.19. The predicted octanol–water partition coefficient (Wildman–Crippen LogP) is 2.30. The molecule has 0 aliphatic rings. The van der Waals surface area contributed by atoms with Crippen LogP contribution in [0.4, 0.5) is 0 Å². The van der Waals surface area contributed by atoms with Gasteiger partial charge >= 0.3 is 0 Å². The fourth-order valence-corrected chi connectivity index (χ4v) is 5.01. The Balaban J connectivity index is 3.01. The van der Waals surface area contributed by atoms with Gasteiger partial charge in [-0.1, -0.05) is 38.8 Å². The van der Waals surface area contributed by atoms with Gasteiger partial charge < -0.3 is 0 Å². The van der Waals surface area contributed by atoms with E-state index >= 15 is 0 Å². The molecule has 4 nitrogen and oxygen atoms in total. The molecule has 0 saturated heterocycles. The minimum absolute atomic E-state index is 0.180. The molecule has 0 saturated carbocycles. The molecule has 0 amide bonds. The lowest BCUT2D eigenvalue weighted by molar-refractivity contribution is 0.459. The highest BCUT2D eigenvalue weighted by Gasteiger charge is 2.31. The number of rotatable bonds is 6. The van der Waals surface area contributed by atoms with Crippen LogP contribution in [-0.2, 0) is 10.0 Å². The molecule has 0 spiro atoms. The van der Waals surface area contributed by atoms with Gasteiger partial charge in [0.1, 0.15) is 4.90 Å². The number of nitrogens with one attached hydrogen (secondary N) is 1. The molecular formula is C10H14Br2N2O2S. The first-order valence-electron chi connectivity index (χ1n) is 5.05. The van der Waals surface area contributed by atoms with E-state index in [2.05, 4.69) is 41.6 Å². The second kappa shape index (κ2) is 6.26. The van der Waals surface area contributed by atoms with Crippen molar-refractivity contribution >= 4 is 41.9 Å². The van der Waals surface area contributed by atoms with Gasteiger partial charge in [-0.15, -0.1) is 0 Å². The fraction of sp³-hybridized carbons (Fsp3) is 0.500. The van der Waals surface area contributed by atoms with Crippen LogP contribution in [0.25, 0.3) is 0 Å². The van der Waals surface area contributed by atoms with E-state index in [1.54, 1.807) is 12.3 Å². The van der Waals surface area contributed by atoms with Crippen molar-refractivity contribution in [2.45, 2.75) is 23.8 Å². The lowest BCUT2D eigenvalue weighted by Gasteiger charge is -2.29. The van der Waals surface area contributed by atoms with E-state index in [0.717, 1.165) is 0 Å². The molecule has 1 aromatic rings. The standard InChI is InChI=1S/C10H14Br2N2O2S/c1-2-10(7-11,8-12)14-17(15,16)9-4-3-5-13-6-9/h3-6,14H,2,7-8H2,1H3. The van der Waals surface area contributed by atoms with E-state index in [9.17, 15) is 8.42 Å². The third kappa shape index (κ3) is 3.74. The Morgan fingerprint density at radius 1 is 1.41 bits per heavy atom. The van der Waals surface area contributed by atoms with Crippen LogP contribution in [-0.4, -0.2) is 29.6 Å². The van der Waals surface area contributed by atoms with Crippen LogP contribution >= 0.6 is 31.9 Å². The Morgan fingerprint density at radius 2 is 2.06 bits per heavy atom. The minimum atomic E-state index is -3.53. The maximum absolute atomic E-state index is 12.1. The number of hydrogen-bond donors (Lipinski definition) is 1. The first-order chi connectivity index (χ1) is 7.99. The summed E-state index contributed by atoms with van der Waals surface area (Å²) in [6.45, 7) is 1.94. The number of aromatic nitrogens is 1. The maximum Gasteiger partial charge on any atom is 0.242 e. The lowest BCUT2D eigenvalue weighted by atomic mass is 10.0. The van der Waals surface area contributed by atoms with Crippen LogP contribution in [0.1, 0.15) is 13.3 Å². The normalized spacial score (nSPS) is 12.6. The average molecular weight is 386 g/mol. The van der Waals surface area contributed by atoms with E-state index < -0.39 is 15.6 Å². The number of alkyl halides is 2. The van der Waals surface area contributed by atoms with Gasteiger partial charge in [-0.2, -0.15) is 0 Å². The largest absolute Gasteiger partial charge is 0.263 e. The minimum Gasteiger partial charge on any atom is -0.263 e. The van der Waals surface area contributed by atoms with Gasteiger partial charge in [-0.25, -0.2) is 13.1 Å². The van der Waals surface area contributed by atoms with Gasteiger partial charge in [0.05, 0.1) is 5.54 Å². The molecule has 0 fully saturated rings. The molecule has 96 valence electrons. The van der Waals surface area contributed by atoms with Crippen molar-refractivity contribution < 1.29 is 8.42 Å². The molecule has 0 aromatic carbocycles. The Kier molecular flexibility index (Phi) is 5.56. The zero-order valence-corrected chi connectivity index (χ0v) is 13.3. The van der Waals surface area contributed by atoms with E-state index in [-0.39, 0.29) is 4.90 Å². The topological polar surface area (TPSA) is 59.1 Å². The smallest absolute Gasteiger partial charge is 0.242 e. The van der Waals surface area contributed by atoms with Crippen LogP contribution < -0.4 is 4.72 Å². The first-order valence-corrected chi connectivity index (χ1v) is 8.78. The molecule has 1 N–H and O–H groups in total.